The topological polar surface area (TPSA) is 31.6 Å². The minimum atomic E-state index is -0.225. The van der Waals surface area contributed by atoms with Crippen LogP contribution in [0, 0.1) is 6.92 Å². The Kier molecular flexibility index (Phi) is 4.30. The first kappa shape index (κ1) is 16.8. The molecular formula is C22H31N3O. The number of aliphatic hydroxyl groups excluding tert-OH is 1. The van der Waals surface area contributed by atoms with E-state index in [1.807, 2.05) is 0 Å². The van der Waals surface area contributed by atoms with Gasteiger partial charge in [-0.15, -0.1) is 0 Å². The van der Waals surface area contributed by atoms with E-state index in [4.69, 9.17) is 0 Å². The van der Waals surface area contributed by atoms with Crippen molar-refractivity contribution in [3.8, 4) is 0 Å². The van der Waals surface area contributed by atoms with Crippen LogP contribution in [0.15, 0.2) is 18.2 Å². The number of benzene rings is 1. The van der Waals surface area contributed by atoms with Crippen LogP contribution in [0.2, 0.25) is 0 Å². The molecule has 4 nitrogen and oxygen atoms in total. The molecule has 1 N–H and O–H groups in total. The van der Waals surface area contributed by atoms with E-state index in [1.54, 1.807) is 11.3 Å². The number of aliphatic hydroxyl groups is 1. The van der Waals surface area contributed by atoms with E-state index in [9.17, 15) is 5.11 Å². The van der Waals surface area contributed by atoms with Crippen molar-refractivity contribution < 1.29 is 5.11 Å². The lowest BCUT2D eigenvalue weighted by Crippen LogP contribution is -2.45. The Morgan fingerprint density at radius 2 is 1.92 bits per heavy atom. The molecule has 26 heavy (non-hydrogen) atoms. The fourth-order valence-corrected chi connectivity index (χ4v) is 5.60. The standard InChI is InChI=1S/C22H31N3O/c1-16-7-8-20-19(13-16)18-5-4-6-21-22(18)25(20)12-11-24(21)15-17(26)14-23-9-2-3-10-23/h7-8,13,17,21,26H,2-6,9-12,14-15H2,1H3/t17-,21-/m1/s1. The molecule has 2 aromatic rings. The highest BCUT2D eigenvalue weighted by Crippen LogP contribution is 2.42. The SMILES string of the molecule is Cc1ccc2c(c1)c1c3n2CCN(C[C@H](O)CN2CCCC2)[C@@H]3CCC1. The molecule has 3 aliphatic rings. The number of β-amino-alcohol motifs (C(OH)–C–C–N with tert-alkyl or cyclic N) is 1. The second-order valence-corrected chi connectivity index (χ2v) is 8.60. The third-order valence-electron chi connectivity index (χ3n) is 6.75. The molecule has 2 aliphatic heterocycles. The van der Waals surface area contributed by atoms with Crippen LogP contribution in [0.1, 0.15) is 48.5 Å². The molecule has 0 bridgehead atoms. The van der Waals surface area contributed by atoms with Gasteiger partial charge >= 0.3 is 0 Å². The van der Waals surface area contributed by atoms with Crippen LogP contribution >= 0.6 is 0 Å². The molecule has 1 aromatic heterocycles. The average molecular weight is 354 g/mol. The Morgan fingerprint density at radius 3 is 2.77 bits per heavy atom. The van der Waals surface area contributed by atoms with Crippen molar-refractivity contribution in [3.05, 3.63) is 35.0 Å². The molecule has 140 valence electrons. The third kappa shape index (κ3) is 2.79. The van der Waals surface area contributed by atoms with Gasteiger partial charge in [-0.2, -0.15) is 0 Å². The lowest BCUT2D eigenvalue weighted by atomic mass is 9.89. The number of aromatic nitrogens is 1. The van der Waals surface area contributed by atoms with Crippen molar-refractivity contribution >= 4 is 10.9 Å². The van der Waals surface area contributed by atoms with Crippen LogP contribution in [-0.2, 0) is 13.0 Å². The Balaban J connectivity index is 1.42. The minimum Gasteiger partial charge on any atom is -0.390 e. The number of fused-ring (bicyclic) bond motifs is 3. The quantitative estimate of drug-likeness (QED) is 0.916. The Labute approximate surface area is 156 Å². The molecule has 0 spiro atoms. The van der Waals surface area contributed by atoms with Crippen molar-refractivity contribution in [1.29, 1.82) is 0 Å². The van der Waals surface area contributed by atoms with Gasteiger partial charge < -0.3 is 14.6 Å². The number of hydrogen-bond acceptors (Lipinski definition) is 3. The van der Waals surface area contributed by atoms with Gasteiger partial charge in [0.1, 0.15) is 0 Å². The Hall–Kier alpha value is -1.36. The molecule has 3 heterocycles. The van der Waals surface area contributed by atoms with Crippen LogP contribution in [0.5, 0.6) is 0 Å². The molecule has 2 atom stereocenters. The number of hydrogen-bond donors (Lipinski definition) is 1. The maximum absolute atomic E-state index is 10.7. The maximum atomic E-state index is 10.7. The molecule has 0 radical (unpaired) electrons. The van der Waals surface area contributed by atoms with Gasteiger partial charge in [0.2, 0.25) is 0 Å². The summed E-state index contributed by atoms with van der Waals surface area (Å²) in [5.74, 6) is 0. The van der Waals surface area contributed by atoms with Crippen LogP contribution in [0.3, 0.4) is 0 Å². The third-order valence-corrected chi connectivity index (χ3v) is 6.75. The molecule has 1 saturated heterocycles. The monoisotopic (exact) mass is 353 g/mol. The summed E-state index contributed by atoms with van der Waals surface area (Å²) >= 11 is 0. The van der Waals surface area contributed by atoms with Gasteiger partial charge in [0.25, 0.3) is 0 Å². The summed E-state index contributed by atoms with van der Waals surface area (Å²) in [6, 6.07) is 7.44. The number of aryl methyl sites for hydroxylation is 2. The molecule has 0 amide bonds. The van der Waals surface area contributed by atoms with E-state index in [-0.39, 0.29) is 6.10 Å². The molecule has 5 rings (SSSR count). The van der Waals surface area contributed by atoms with Gasteiger partial charge in [0.15, 0.2) is 0 Å². The normalized spacial score (nSPS) is 24.9. The molecule has 0 saturated carbocycles. The van der Waals surface area contributed by atoms with Gasteiger partial charge in [0.05, 0.1) is 12.1 Å². The minimum absolute atomic E-state index is 0.225. The van der Waals surface area contributed by atoms with Crippen molar-refractivity contribution in [2.24, 2.45) is 0 Å². The zero-order chi connectivity index (χ0) is 17.7. The number of nitrogens with zero attached hydrogens (tertiary/aromatic N) is 3. The second kappa shape index (κ2) is 6.66. The summed E-state index contributed by atoms with van der Waals surface area (Å²) in [7, 11) is 0. The predicted molar refractivity (Wildman–Crippen MR) is 106 cm³/mol. The lowest BCUT2D eigenvalue weighted by Gasteiger charge is -2.41. The highest BCUT2D eigenvalue weighted by molar-refractivity contribution is 5.87. The van der Waals surface area contributed by atoms with Crippen LogP contribution < -0.4 is 0 Å². The van der Waals surface area contributed by atoms with E-state index in [1.165, 1.54) is 48.6 Å². The smallest absolute Gasteiger partial charge is 0.0794 e. The summed E-state index contributed by atoms with van der Waals surface area (Å²) < 4.78 is 2.58. The van der Waals surface area contributed by atoms with E-state index in [0.717, 1.165) is 39.3 Å². The Bertz CT molecular complexity index is 805. The van der Waals surface area contributed by atoms with E-state index < -0.39 is 0 Å². The van der Waals surface area contributed by atoms with Crippen LogP contribution in [0.25, 0.3) is 10.9 Å². The number of rotatable bonds is 4. The molecule has 0 unspecified atom stereocenters. The average Bonchev–Trinajstić information content (AvgIpc) is 3.25. The molecule has 4 heteroatoms. The Morgan fingerprint density at radius 1 is 1.08 bits per heavy atom. The maximum Gasteiger partial charge on any atom is 0.0794 e. The second-order valence-electron chi connectivity index (χ2n) is 8.60. The summed E-state index contributed by atoms with van der Waals surface area (Å²) in [4.78, 5) is 5.01. The summed E-state index contributed by atoms with van der Waals surface area (Å²) in [5, 5.41) is 12.2. The van der Waals surface area contributed by atoms with Crippen LogP contribution in [0.4, 0.5) is 0 Å². The predicted octanol–water partition coefficient (Wildman–Crippen LogP) is 3.10. The van der Waals surface area contributed by atoms with Crippen molar-refractivity contribution in [1.82, 2.24) is 14.4 Å². The zero-order valence-electron chi connectivity index (χ0n) is 16.0. The first-order valence-corrected chi connectivity index (χ1v) is 10.5. The van der Waals surface area contributed by atoms with Gasteiger partial charge in [-0.25, -0.2) is 0 Å². The molecule has 1 aliphatic carbocycles. The van der Waals surface area contributed by atoms with Gasteiger partial charge in [0, 0.05) is 42.8 Å². The number of likely N-dealkylation sites (tertiary alicyclic amines) is 1. The lowest BCUT2D eigenvalue weighted by molar-refractivity contribution is 0.0464. The first-order valence-electron chi connectivity index (χ1n) is 10.5. The summed E-state index contributed by atoms with van der Waals surface area (Å²) in [6.07, 6.45) is 6.08. The zero-order valence-corrected chi connectivity index (χ0v) is 16.0. The van der Waals surface area contributed by atoms with Crippen molar-refractivity contribution in [2.45, 2.75) is 57.7 Å². The molecule has 1 aromatic carbocycles. The largest absolute Gasteiger partial charge is 0.390 e. The first-order chi connectivity index (χ1) is 12.7. The van der Waals surface area contributed by atoms with E-state index in [0.29, 0.717) is 6.04 Å². The molecular weight excluding hydrogens is 322 g/mol. The van der Waals surface area contributed by atoms with Crippen LogP contribution in [-0.4, -0.2) is 58.3 Å². The fraction of sp³-hybridized carbons (Fsp3) is 0.636. The van der Waals surface area contributed by atoms with Gasteiger partial charge in [-0.3, -0.25) is 4.90 Å². The molecule has 1 fully saturated rings. The van der Waals surface area contributed by atoms with Crippen molar-refractivity contribution in [2.75, 3.05) is 32.7 Å². The van der Waals surface area contributed by atoms with Gasteiger partial charge in [-0.1, -0.05) is 11.6 Å². The fourth-order valence-electron chi connectivity index (χ4n) is 5.60. The summed E-state index contributed by atoms with van der Waals surface area (Å²) in [6.45, 7) is 8.31. The van der Waals surface area contributed by atoms with Crippen molar-refractivity contribution in [3.63, 3.8) is 0 Å². The highest BCUT2D eigenvalue weighted by Gasteiger charge is 2.35. The summed E-state index contributed by atoms with van der Waals surface area (Å²) in [5.41, 5.74) is 5.91. The van der Waals surface area contributed by atoms with E-state index in [2.05, 4.69) is 39.5 Å². The van der Waals surface area contributed by atoms with E-state index >= 15 is 0 Å². The van der Waals surface area contributed by atoms with Gasteiger partial charge in [-0.05, 0) is 69.8 Å². The highest BCUT2D eigenvalue weighted by atomic mass is 16.3.